The van der Waals surface area contributed by atoms with Gasteiger partial charge in [0, 0.05) is 16.6 Å². The first kappa shape index (κ1) is 18.2. The summed E-state index contributed by atoms with van der Waals surface area (Å²) in [6.07, 6.45) is 4.81. The monoisotopic (exact) mass is 354 g/mol. The summed E-state index contributed by atoms with van der Waals surface area (Å²) in [6, 6.07) is 4.05. The van der Waals surface area contributed by atoms with Crippen molar-refractivity contribution in [3.8, 4) is 0 Å². The van der Waals surface area contributed by atoms with Crippen LogP contribution >= 0.6 is 15.9 Å². The summed E-state index contributed by atoms with van der Waals surface area (Å²) < 4.78 is 1.04. The number of carbonyl (C=O) groups is 1. The third-order valence-corrected chi connectivity index (χ3v) is 4.27. The van der Waals surface area contributed by atoms with Crippen LogP contribution in [-0.2, 0) is 4.79 Å². The molecule has 0 aliphatic rings. The SMILES string of the molecule is CCCC(CCN)CCC(=O)Nc1c(C)cc(Br)cc1C. The van der Waals surface area contributed by atoms with E-state index in [1.807, 2.05) is 26.0 Å². The van der Waals surface area contributed by atoms with Crippen LogP contribution in [0, 0.1) is 19.8 Å². The van der Waals surface area contributed by atoms with E-state index in [1.54, 1.807) is 0 Å². The van der Waals surface area contributed by atoms with Crippen LogP contribution in [0.1, 0.15) is 50.2 Å². The molecular formula is C17H27BrN2O. The molecule has 1 rings (SSSR count). The van der Waals surface area contributed by atoms with Gasteiger partial charge < -0.3 is 11.1 Å². The molecule has 0 saturated heterocycles. The molecule has 1 atom stereocenters. The number of halogens is 1. The molecule has 0 aliphatic carbocycles. The Bertz CT molecular complexity index is 445. The highest BCUT2D eigenvalue weighted by atomic mass is 79.9. The molecule has 4 heteroatoms. The van der Waals surface area contributed by atoms with E-state index in [2.05, 4.69) is 28.2 Å². The van der Waals surface area contributed by atoms with E-state index >= 15 is 0 Å². The van der Waals surface area contributed by atoms with Gasteiger partial charge in [0.05, 0.1) is 0 Å². The minimum Gasteiger partial charge on any atom is -0.330 e. The Kier molecular flexibility index (Phi) is 7.97. The van der Waals surface area contributed by atoms with Crippen LogP contribution < -0.4 is 11.1 Å². The predicted octanol–water partition coefficient (Wildman–Crippen LogP) is 4.55. The lowest BCUT2D eigenvalue weighted by atomic mass is 9.94. The Balaban J connectivity index is 2.57. The molecule has 21 heavy (non-hydrogen) atoms. The average molecular weight is 355 g/mol. The maximum atomic E-state index is 12.2. The Morgan fingerprint density at radius 3 is 2.38 bits per heavy atom. The van der Waals surface area contributed by atoms with Crippen LogP contribution in [0.4, 0.5) is 5.69 Å². The highest BCUT2D eigenvalue weighted by Gasteiger charge is 2.12. The van der Waals surface area contributed by atoms with Crippen molar-refractivity contribution in [3.63, 3.8) is 0 Å². The Labute approximate surface area is 136 Å². The molecule has 3 nitrogen and oxygen atoms in total. The van der Waals surface area contributed by atoms with Gasteiger partial charge in [-0.3, -0.25) is 4.79 Å². The molecule has 0 radical (unpaired) electrons. The van der Waals surface area contributed by atoms with Gasteiger partial charge in [-0.25, -0.2) is 0 Å². The second-order valence-corrected chi connectivity index (χ2v) is 6.65. The molecule has 0 aromatic heterocycles. The van der Waals surface area contributed by atoms with Crippen molar-refractivity contribution in [2.75, 3.05) is 11.9 Å². The van der Waals surface area contributed by atoms with Crippen molar-refractivity contribution >= 4 is 27.5 Å². The summed E-state index contributed by atoms with van der Waals surface area (Å²) in [6.45, 7) is 6.92. The van der Waals surface area contributed by atoms with E-state index < -0.39 is 0 Å². The lowest BCUT2D eigenvalue weighted by Crippen LogP contribution is -2.16. The van der Waals surface area contributed by atoms with Crippen LogP contribution in [0.5, 0.6) is 0 Å². The third-order valence-electron chi connectivity index (χ3n) is 3.81. The zero-order chi connectivity index (χ0) is 15.8. The second-order valence-electron chi connectivity index (χ2n) is 5.73. The van der Waals surface area contributed by atoms with E-state index in [1.165, 1.54) is 0 Å². The van der Waals surface area contributed by atoms with Crippen molar-refractivity contribution in [3.05, 3.63) is 27.7 Å². The highest BCUT2D eigenvalue weighted by molar-refractivity contribution is 9.10. The van der Waals surface area contributed by atoms with Crippen molar-refractivity contribution in [2.45, 2.75) is 52.9 Å². The van der Waals surface area contributed by atoms with Gasteiger partial charge in [0.25, 0.3) is 0 Å². The number of nitrogens with one attached hydrogen (secondary N) is 1. The van der Waals surface area contributed by atoms with Crippen molar-refractivity contribution < 1.29 is 4.79 Å². The number of nitrogens with two attached hydrogens (primary N) is 1. The van der Waals surface area contributed by atoms with Gasteiger partial charge in [-0.1, -0.05) is 35.7 Å². The number of aryl methyl sites for hydroxylation is 2. The second kappa shape index (κ2) is 9.21. The first-order valence-electron chi connectivity index (χ1n) is 7.74. The number of amides is 1. The maximum absolute atomic E-state index is 12.2. The number of benzene rings is 1. The Morgan fingerprint density at radius 1 is 1.24 bits per heavy atom. The fourth-order valence-electron chi connectivity index (χ4n) is 2.72. The van der Waals surface area contributed by atoms with E-state index in [0.717, 1.165) is 47.0 Å². The quantitative estimate of drug-likeness (QED) is 0.719. The lowest BCUT2D eigenvalue weighted by Gasteiger charge is -2.16. The van der Waals surface area contributed by atoms with Crippen LogP contribution in [0.2, 0.25) is 0 Å². The number of rotatable bonds is 8. The van der Waals surface area contributed by atoms with Gasteiger partial charge in [0.2, 0.25) is 5.91 Å². The highest BCUT2D eigenvalue weighted by Crippen LogP contribution is 2.25. The van der Waals surface area contributed by atoms with Crippen molar-refractivity contribution in [1.82, 2.24) is 0 Å². The Hall–Kier alpha value is -0.870. The van der Waals surface area contributed by atoms with E-state index in [4.69, 9.17) is 5.73 Å². The molecule has 0 saturated carbocycles. The minimum atomic E-state index is 0.0987. The molecule has 1 amide bonds. The van der Waals surface area contributed by atoms with Gasteiger partial charge in [-0.2, -0.15) is 0 Å². The van der Waals surface area contributed by atoms with Gasteiger partial charge >= 0.3 is 0 Å². The zero-order valence-electron chi connectivity index (χ0n) is 13.3. The maximum Gasteiger partial charge on any atom is 0.224 e. The molecule has 118 valence electrons. The summed E-state index contributed by atoms with van der Waals surface area (Å²) in [5.41, 5.74) is 8.75. The number of anilines is 1. The fraction of sp³-hybridized carbons (Fsp3) is 0.588. The molecule has 0 fully saturated rings. The first-order valence-corrected chi connectivity index (χ1v) is 8.53. The molecule has 1 aromatic rings. The van der Waals surface area contributed by atoms with Crippen LogP contribution in [0.15, 0.2) is 16.6 Å². The first-order chi connectivity index (χ1) is 9.97. The Morgan fingerprint density at radius 2 is 1.86 bits per heavy atom. The summed E-state index contributed by atoms with van der Waals surface area (Å²) in [5, 5.41) is 3.05. The summed E-state index contributed by atoms with van der Waals surface area (Å²) in [5.74, 6) is 0.666. The molecule has 0 heterocycles. The summed E-state index contributed by atoms with van der Waals surface area (Å²) >= 11 is 3.47. The molecule has 0 spiro atoms. The van der Waals surface area contributed by atoms with Crippen molar-refractivity contribution in [1.29, 1.82) is 0 Å². The molecule has 3 N–H and O–H groups in total. The van der Waals surface area contributed by atoms with Gasteiger partial charge in [0.1, 0.15) is 0 Å². The van der Waals surface area contributed by atoms with Gasteiger partial charge in [-0.05, 0) is 62.4 Å². The molecular weight excluding hydrogens is 328 g/mol. The number of hydrogen-bond acceptors (Lipinski definition) is 2. The number of hydrogen-bond donors (Lipinski definition) is 2. The smallest absolute Gasteiger partial charge is 0.224 e. The van der Waals surface area contributed by atoms with E-state index in [9.17, 15) is 4.79 Å². The topological polar surface area (TPSA) is 55.1 Å². The normalized spacial score (nSPS) is 12.2. The van der Waals surface area contributed by atoms with Gasteiger partial charge in [-0.15, -0.1) is 0 Å². The lowest BCUT2D eigenvalue weighted by molar-refractivity contribution is -0.116. The van der Waals surface area contributed by atoms with Crippen LogP contribution in [0.3, 0.4) is 0 Å². The average Bonchev–Trinajstić information content (AvgIpc) is 2.40. The standard InChI is InChI=1S/C17H27BrN2O/c1-4-5-14(8-9-19)6-7-16(21)20-17-12(2)10-15(18)11-13(17)3/h10-11,14H,4-9,19H2,1-3H3,(H,20,21). The van der Waals surface area contributed by atoms with E-state index in [0.29, 0.717) is 18.9 Å². The summed E-state index contributed by atoms with van der Waals surface area (Å²) in [7, 11) is 0. The molecule has 1 unspecified atom stereocenters. The summed E-state index contributed by atoms with van der Waals surface area (Å²) in [4.78, 5) is 12.2. The molecule has 0 aliphatic heterocycles. The van der Waals surface area contributed by atoms with E-state index in [-0.39, 0.29) is 5.91 Å². The fourth-order valence-corrected chi connectivity index (χ4v) is 3.41. The van der Waals surface area contributed by atoms with Crippen LogP contribution in [-0.4, -0.2) is 12.5 Å². The number of carbonyl (C=O) groups excluding carboxylic acids is 1. The zero-order valence-corrected chi connectivity index (χ0v) is 14.9. The largest absolute Gasteiger partial charge is 0.330 e. The van der Waals surface area contributed by atoms with Gasteiger partial charge in [0.15, 0.2) is 0 Å². The van der Waals surface area contributed by atoms with Crippen molar-refractivity contribution in [2.24, 2.45) is 11.7 Å². The molecule has 0 bridgehead atoms. The molecule has 1 aromatic carbocycles. The minimum absolute atomic E-state index is 0.0987. The van der Waals surface area contributed by atoms with Crippen LogP contribution in [0.25, 0.3) is 0 Å². The third kappa shape index (κ3) is 6.18. The predicted molar refractivity (Wildman–Crippen MR) is 93.5 cm³/mol.